The van der Waals surface area contributed by atoms with Crippen LogP contribution < -0.4 is 14.8 Å². The van der Waals surface area contributed by atoms with Crippen LogP contribution in [-0.4, -0.2) is 36.0 Å². The van der Waals surface area contributed by atoms with Crippen molar-refractivity contribution >= 4 is 39.9 Å². The number of halogens is 1. The van der Waals surface area contributed by atoms with Crippen molar-refractivity contribution < 1.29 is 28.3 Å². The minimum absolute atomic E-state index is 0.0927. The summed E-state index contributed by atoms with van der Waals surface area (Å²) in [7, 11) is 0. The number of imide groups is 2. The normalized spacial score (nSPS) is 15.3. The van der Waals surface area contributed by atoms with Crippen LogP contribution in [0, 0.1) is 0 Å². The molecule has 1 aromatic carbocycles. The molecule has 0 bridgehead atoms. The molecule has 1 aromatic heterocycles. The van der Waals surface area contributed by atoms with Gasteiger partial charge >= 0.3 is 6.03 Å². The molecule has 1 aliphatic rings. The lowest BCUT2D eigenvalue weighted by molar-refractivity contribution is -0.130. The molecule has 0 saturated carbocycles. The molecule has 30 heavy (non-hydrogen) atoms. The first-order chi connectivity index (χ1) is 14.4. The number of barbiturate groups is 1. The van der Waals surface area contributed by atoms with Crippen LogP contribution in [0.25, 0.3) is 6.08 Å². The third-order valence-corrected chi connectivity index (χ3v) is 4.66. The average molecular weight is 475 g/mol. The molecule has 9 heteroatoms. The van der Waals surface area contributed by atoms with Crippen molar-refractivity contribution in [3.63, 3.8) is 0 Å². The van der Waals surface area contributed by atoms with Crippen molar-refractivity contribution in [2.24, 2.45) is 0 Å². The smallest absolute Gasteiger partial charge is 0.331 e. The van der Waals surface area contributed by atoms with Crippen LogP contribution >= 0.6 is 15.9 Å². The summed E-state index contributed by atoms with van der Waals surface area (Å²) in [5, 5.41) is 2.17. The summed E-state index contributed by atoms with van der Waals surface area (Å²) in [5.74, 6) is -0.166. The summed E-state index contributed by atoms with van der Waals surface area (Å²) in [6.45, 7) is 6.03. The first-order valence-electron chi connectivity index (χ1n) is 9.05. The maximum absolute atomic E-state index is 12.8. The molecule has 0 unspecified atom stereocenters. The molecule has 156 valence electrons. The van der Waals surface area contributed by atoms with Gasteiger partial charge < -0.3 is 13.9 Å². The van der Waals surface area contributed by atoms with Gasteiger partial charge in [0.2, 0.25) is 0 Å². The third-order valence-electron chi connectivity index (χ3n) is 4.07. The lowest BCUT2D eigenvalue weighted by Gasteiger charge is -2.25. The molecule has 2 aromatic rings. The molecule has 0 atom stereocenters. The Labute approximate surface area is 181 Å². The highest BCUT2D eigenvalue weighted by molar-refractivity contribution is 9.10. The number of urea groups is 1. The zero-order valence-corrected chi connectivity index (χ0v) is 17.7. The van der Waals surface area contributed by atoms with E-state index in [0.29, 0.717) is 33.9 Å². The molecule has 0 radical (unpaired) electrons. The Kier molecular flexibility index (Phi) is 6.73. The van der Waals surface area contributed by atoms with E-state index in [1.165, 1.54) is 12.3 Å². The number of rotatable bonds is 8. The zero-order chi connectivity index (χ0) is 21.7. The van der Waals surface area contributed by atoms with E-state index in [4.69, 9.17) is 13.9 Å². The summed E-state index contributed by atoms with van der Waals surface area (Å²) in [6, 6.07) is 5.80. The molecule has 1 aliphatic heterocycles. The minimum atomic E-state index is -0.803. The fraction of sp³-hybridized carbons (Fsp3) is 0.190. The Hall–Kier alpha value is -3.33. The average Bonchev–Trinajstić information content (AvgIpc) is 3.21. The van der Waals surface area contributed by atoms with Crippen molar-refractivity contribution in [3.8, 4) is 11.5 Å². The van der Waals surface area contributed by atoms with Gasteiger partial charge in [0, 0.05) is 0 Å². The van der Waals surface area contributed by atoms with Gasteiger partial charge in [0.15, 0.2) is 11.5 Å². The molecule has 1 N–H and O–H groups in total. The van der Waals surface area contributed by atoms with E-state index in [2.05, 4.69) is 27.8 Å². The molecule has 1 fully saturated rings. The summed E-state index contributed by atoms with van der Waals surface area (Å²) < 4.78 is 17.0. The van der Waals surface area contributed by atoms with Gasteiger partial charge in [-0.15, -0.1) is 0 Å². The molecule has 0 aliphatic carbocycles. The largest absolute Gasteiger partial charge is 0.490 e. The van der Waals surface area contributed by atoms with E-state index in [1.807, 2.05) is 6.92 Å². The van der Waals surface area contributed by atoms with Crippen LogP contribution in [0.5, 0.6) is 11.5 Å². The topological polar surface area (TPSA) is 98.1 Å². The highest BCUT2D eigenvalue weighted by Crippen LogP contribution is 2.37. The Balaban J connectivity index is 1.95. The molecule has 0 spiro atoms. The highest BCUT2D eigenvalue weighted by Gasteiger charge is 2.36. The lowest BCUT2D eigenvalue weighted by Crippen LogP contribution is -2.53. The number of hydrogen-bond acceptors (Lipinski definition) is 6. The maximum atomic E-state index is 12.8. The fourth-order valence-electron chi connectivity index (χ4n) is 2.78. The van der Waals surface area contributed by atoms with Crippen LogP contribution in [0.2, 0.25) is 0 Å². The van der Waals surface area contributed by atoms with Crippen molar-refractivity contribution in [2.45, 2.75) is 13.5 Å². The van der Waals surface area contributed by atoms with Gasteiger partial charge in [0.1, 0.15) is 17.9 Å². The Morgan fingerprint density at radius 3 is 2.73 bits per heavy atom. The molecular formula is C21H19BrN2O6. The maximum Gasteiger partial charge on any atom is 0.331 e. The Bertz CT molecular complexity index is 1010. The Morgan fingerprint density at radius 1 is 1.27 bits per heavy atom. The van der Waals surface area contributed by atoms with Crippen LogP contribution in [0.3, 0.4) is 0 Å². The second kappa shape index (κ2) is 9.45. The van der Waals surface area contributed by atoms with Crippen LogP contribution in [0.4, 0.5) is 4.79 Å². The molecule has 3 rings (SSSR count). The van der Waals surface area contributed by atoms with E-state index >= 15 is 0 Å². The first kappa shape index (κ1) is 21.4. The molecule has 1 saturated heterocycles. The van der Waals surface area contributed by atoms with Crippen LogP contribution in [0.15, 0.2) is 57.6 Å². The number of carbonyl (C=O) groups excluding carboxylic acids is 3. The second-order valence-corrected chi connectivity index (χ2v) is 7.00. The monoisotopic (exact) mass is 474 g/mol. The quantitative estimate of drug-likeness (QED) is 0.356. The van der Waals surface area contributed by atoms with Crippen molar-refractivity contribution in [1.29, 1.82) is 0 Å². The van der Waals surface area contributed by atoms with Gasteiger partial charge in [-0.3, -0.25) is 19.8 Å². The summed E-state index contributed by atoms with van der Waals surface area (Å²) >= 11 is 3.42. The van der Waals surface area contributed by atoms with Gasteiger partial charge in [0.25, 0.3) is 11.8 Å². The highest BCUT2D eigenvalue weighted by atomic mass is 79.9. The third kappa shape index (κ3) is 4.62. The van der Waals surface area contributed by atoms with Crippen LogP contribution in [-0.2, 0) is 16.1 Å². The summed E-state index contributed by atoms with van der Waals surface area (Å²) in [6.07, 6.45) is 4.43. The standard InChI is InChI=1S/C21H19BrN2O6/c1-3-7-30-18-16(22)10-13(11-17(18)28-4-2)9-15-19(25)23-21(27)24(20(15)26)12-14-6-5-8-29-14/h3,5-6,8-11H,1,4,7,12H2,2H3,(H,23,25,27)/b15-9+. The van der Waals surface area contributed by atoms with Gasteiger partial charge in [-0.05, 0) is 58.8 Å². The van der Waals surface area contributed by atoms with Gasteiger partial charge in [-0.2, -0.15) is 0 Å². The first-order valence-corrected chi connectivity index (χ1v) is 9.85. The van der Waals surface area contributed by atoms with Gasteiger partial charge in [-0.1, -0.05) is 12.7 Å². The van der Waals surface area contributed by atoms with Gasteiger partial charge in [-0.25, -0.2) is 4.79 Å². The van der Waals surface area contributed by atoms with Crippen molar-refractivity contribution in [1.82, 2.24) is 10.2 Å². The van der Waals surface area contributed by atoms with E-state index < -0.39 is 17.8 Å². The number of nitrogens with zero attached hydrogens (tertiary/aromatic N) is 1. The summed E-state index contributed by atoms with van der Waals surface area (Å²) in [4.78, 5) is 38.2. The SMILES string of the molecule is C=CCOc1c(Br)cc(/C=C2\C(=O)NC(=O)N(Cc3ccco3)C2=O)cc1OCC. The number of furan rings is 1. The zero-order valence-electron chi connectivity index (χ0n) is 16.1. The predicted molar refractivity (Wildman–Crippen MR) is 112 cm³/mol. The van der Waals surface area contributed by atoms with Crippen molar-refractivity contribution in [2.75, 3.05) is 13.2 Å². The number of hydrogen-bond donors (Lipinski definition) is 1. The lowest BCUT2D eigenvalue weighted by atomic mass is 10.1. The number of amides is 4. The Morgan fingerprint density at radius 2 is 2.07 bits per heavy atom. The van der Waals surface area contributed by atoms with E-state index in [0.717, 1.165) is 4.90 Å². The second-order valence-electron chi connectivity index (χ2n) is 6.15. The van der Waals surface area contributed by atoms with Gasteiger partial charge in [0.05, 0.1) is 23.9 Å². The predicted octanol–water partition coefficient (Wildman–Crippen LogP) is 3.67. The van der Waals surface area contributed by atoms with E-state index in [9.17, 15) is 14.4 Å². The fourth-order valence-corrected chi connectivity index (χ4v) is 3.35. The van der Waals surface area contributed by atoms with Crippen LogP contribution in [0.1, 0.15) is 18.2 Å². The number of carbonyl (C=O) groups is 3. The number of ether oxygens (including phenoxy) is 2. The molecule has 2 heterocycles. The number of benzene rings is 1. The minimum Gasteiger partial charge on any atom is -0.490 e. The molecule has 4 amide bonds. The summed E-state index contributed by atoms with van der Waals surface area (Å²) in [5.41, 5.74) is 0.331. The molecular weight excluding hydrogens is 456 g/mol. The van der Waals surface area contributed by atoms with E-state index in [-0.39, 0.29) is 18.7 Å². The van der Waals surface area contributed by atoms with Crippen molar-refractivity contribution in [3.05, 3.63) is 64.6 Å². The molecule has 8 nitrogen and oxygen atoms in total. The van der Waals surface area contributed by atoms with E-state index in [1.54, 1.807) is 30.3 Å². The number of nitrogens with one attached hydrogen (secondary N) is 1.